The van der Waals surface area contributed by atoms with Crippen molar-refractivity contribution in [1.82, 2.24) is 9.97 Å². The molecule has 0 radical (unpaired) electrons. The minimum Gasteiger partial charge on any atom is -0.388 e. The molecule has 0 spiro atoms. The van der Waals surface area contributed by atoms with Crippen molar-refractivity contribution in [1.29, 1.82) is 0 Å². The third-order valence-corrected chi connectivity index (χ3v) is 2.70. The van der Waals surface area contributed by atoms with Crippen molar-refractivity contribution in [2.75, 3.05) is 5.32 Å². The molecule has 5 heteroatoms. The van der Waals surface area contributed by atoms with Gasteiger partial charge in [0.05, 0.1) is 17.1 Å². The molecule has 0 bridgehead atoms. The molecule has 0 saturated carbocycles. The lowest BCUT2D eigenvalue weighted by atomic mass is 10.2. The number of anilines is 2. The Morgan fingerprint density at radius 3 is 2.61 bits per heavy atom. The molecule has 0 unspecified atom stereocenters. The lowest BCUT2D eigenvalue weighted by Crippen LogP contribution is -2.12. The predicted molar refractivity (Wildman–Crippen MR) is 77.1 cm³/mol. The zero-order valence-electron chi connectivity index (χ0n) is 10.3. The highest BCUT2D eigenvalue weighted by atomic mass is 32.1. The van der Waals surface area contributed by atoms with Gasteiger partial charge in [-0.05, 0) is 38.1 Å². The first-order chi connectivity index (χ1) is 8.56. The van der Waals surface area contributed by atoms with Crippen LogP contribution in [0.15, 0.2) is 30.3 Å². The van der Waals surface area contributed by atoms with Gasteiger partial charge in [-0.1, -0.05) is 18.3 Å². The summed E-state index contributed by atoms with van der Waals surface area (Å²) in [4.78, 5) is 9.00. The summed E-state index contributed by atoms with van der Waals surface area (Å²) in [6.07, 6.45) is 0. The molecule has 0 saturated heterocycles. The van der Waals surface area contributed by atoms with Crippen LogP contribution in [0.4, 0.5) is 11.5 Å². The van der Waals surface area contributed by atoms with Crippen LogP contribution < -0.4 is 11.1 Å². The molecule has 2 aromatic rings. The summed E-state index contributed by atoms with van der Waals surface area (Å²) >= 11 is 4.90. The van der Waals surface area contributed by atoms with Crippen LogP contribution in [0.5, 0.6) is 0 Å². The lowest BCUT2D eigenvalue weighted by molar-refractivity contribution is 1.12. The Bertz CT molecular complexity index is 595. The summed E-state index contributed by atoms with van der Waals surface area (Å²) in [6.45, 7) is 3.91. The van der Waals surface area contributed by atoms with Gasteiger partial charge in [0.1, 0.15) is 10.8 Å². The van der Waals surface area contributed by atoms with Gasteiger partial charge in [0.15, 0.2) is 0 Å². The monoisotopic (exact) mass is 258 g/mol. The first-order valence-corrected chi connectivity index (χ1v) is 5.95. The number of pyridine rings is 2. The second-order valence-electron chi connectivity index (χ2n) is 3.98. The van der Waals surface area contributed by atoms with E-state index in [-0.39, 0.29) is 4.99 Å². The smallest absolute Gasteiger partial charge is 0.131 e. The van der Waals surface area contributed by atoms with Crippen molar-refractivity contribution in [3.05, 3.63) is 47.4 Å². The topological polar surface area (TPSA) is 63.8 Å². The third-order valence-electron chi connectivity index (χ3n) is 2.49. The Labute approximate surface area is 111 Å². The van der Waals surface area contributed by atoms with Crippen LogP contribution in [-0.2, 0) is 0 Å². The SMILES string of the molecule is Cc1ccc(Nc2cccc(C(N)=S)n2)c(C)n1. The van der Waals surface area contributed by atoms with E-state index in [1.54, 1.807) is 6.07 Å². The molecular formula is C13H14N4S. The number of aryl methyl sites for hydroxylation is 2. The normalized spacial score (nSPS) is 10.1. The second-order valence-corrected chi connectivity index (χ2v) is 4.42. The van der Waals surface area contributed by atoms with E-state index in [1.165, 1.54) is 0 Å². The van der Waals surface area contributed by atoms with Gasteiger partial charge in [0.25, 0.3) is 0 Å². The van der Waals surface area contributed by atoms with Gasteiger partial charge < -0.3 is 11.1 Å². The Morgan fingerprint density at radius 2 is 1.94 bits per heavy atom. The van der Waals surface area contributed by atoms with E-state index in [4.69, 9.17) is 18.0 Å². The third kappa shape index (κ3) is 2.81. The summed E-state index contributed by atoms with van der Waals surface area (Å²) < 4.78 is 0. The number of nitrogens with one attached hydrogen (secondary N) is 1. The van der Waals surface area contributed by atoms with Crippen LogP contribution >= 0.6 is 12.2 Å². The Kier molecular flexibility index (Phi) is 3.53. The van der Waals surface area contributed by atoms with Crippen LogP contribution in [0.3, 0.4) is 0 Å². The minimum atomic E-state index is 0.289. The number of hydrogen-bond donors (Lipinski definition) is 2. The maximum Gasteiger partial charge on any atom is 0.131 e. The highest BCUT2D eigenvalue weighted by molar-refractivity contribution is 7.80. The number of aromatic nitrogens is 2. The van der Waals surface area contributed by atoms with Crippen LogP contribution in [-0.4, -0.2) is 15.0 Å². The molecule has 18 heavy (non-hydrogen) atoms. The molecule has 0 aromatic carbocycles. The fraction of sp³-hybridized carbons (Fsp3) is 0.154. The van der Waals surface area contributed by atoms with Gasteiger partial charge in [-0.15, -0.1) is 0 Å². The molecule has 2 heterocycles. The van der Waals surface area contributed by atoms with Crippen molar-refractivity contribution in [3.8, 4) is 0 Å². The zero-order valence-corrected chi connectivity index (χ0v) is 11.1. The molecule has 0 aliphatic heterocycles. The molecule has 4 nitrogen and oxygen atoms in total. The van der Waals surface area contributed by atoms with E-state index in [2.05, 4.69) is 15.3 Å². The van der Waals surface area contributed by atoms with Crippen molar-refractivity contribution in [2.24, 2.45) is 5.73 Å². The maximum absolute atomic E-state index is 5.55. The first kappa shape index (κ1) is 12.4. The van der Waals surface area contributed by atoms with Crippen LogP contribution in [0.25, 0.3) is 0 Å². The molecule has 0 fully saturated rings. The molecule has 0 aliphatic carbocycles. The molecule has 3 N–H and O–H groups in total. The van der Waals surface area contributed by atoms with Gasteiger partial charge in [0.2, 0.25) is 0 Å². The minimum absolute atomic E-state index is 0.289. The Morgan fingerprint density at radius 1 is 1.17 bits per heavy atom. The predicted octanol–water partition coefficient (Wildman–Crippen LogP) is 2.47. The van der Waals surface area contributed by atoms with Gasteiger partial charge in [-0.25, -0.2) is 4.98 Å². The Hall–Kier alpha value is -2.01. The van der Waals surface area contributed by atoms with Gasteiger partial charge >= 0.3 is 0 Å². The van der Waals surface area contributed by atoms with Gasteiger partial charge in [-0.3, -0.25) is 4.98 Å². The van der Waals surface area contributed by atoms with Crippen molar-refractivity contribution < 1.29 is 0 Å². The standard InChI is InChI=1S/C13H14N4S/c1-8-6-7-10(9(2)15-8)16-12-5-3-4-11(17-12)13(14)18/h3-7H,1-2H3,(H2,14,18)(H,16,17). The summed E-state index contributed by atoms with van der Waals surface area (Å²) in [7, 11) is 0. The quantitative estimate of drug-likeness (QED) is 0.828. The van der Waals surface area contributed by atoms with E-state index in [0.29, 0.717) is 11.5 Å². The van der Waals surface area contributed by atoms with Gasteiger partial charge in [0, 0.05) is 5.69 Å². The van der Waals surface area contributed by atoms with Crippen LogP contribution in [0, 0.1) is 13.8 Å². The highest BCUT2D eigenvalue weighted by Gasteiger charge is 2.03. The molecule has 0 aliphatic rings. The van der Waals surface area contributed by atoms with E-state index in [9.17, 15) is 0 Å². The van der Waals surface area contributed by atoms with E-state index < -0.39 is 0 Å². The number of thiocarbonyl (C=S) groups is 1. The number of rotatable bonds is 3. The molecule has 2 rings (SSSR count). The van der Waals surface area contributed by atoms with Crippen LogP contribution in [0.2, 0.25) is 0 Å². The number of nitrogens with zero attached hydrogens (tertiary/aromatic N) is 2. The molecule has 0 amide bonds. The first-order valence-electron chi connectivity index (χ1n) is 5.54. The van der Waals surface area contributed by atoms with Crippen molar-refractivity contribution >= 4 is 28.7 Å². The zero-order chi connectivity index (χ0) is 13.1. The second kappa shape index (κ2) is 5.10. The average Bonchev–Trinajstić information content (AvgIpc) is 2.33. The molecular weight excluding hydrogens is 244 g/mol. The van der Waals surface area contributed by atoms with Crippen molar-refractivity contribution in [2.45, 2.75) is 13.8 Å². The maximum atomic E-state index is 5.55. The van der Waals surface area contributed by atoms with E-state index >= 15 is 0 Å². The lowest BCUT2D eigenvalue weighted by Gasteiger charge is -2.09. The summed E-state index contributed by atoms with van der Waals surface area (Å²) in [5.41, 5.74) is 9.00. The number of nitrogens with two attached hydrogens (primary N) is 1. The average molecular weight is 258 g/mol. The molecule has 92 valence electrons. The molecule has 0 atom stereocenters. The summed E-state index contributed by atoms with van der Waals surface area (Å²) in [5.74, 6) is 0.703. The largest absolute Gasteiger partial charge is 0.388 e. The van der Waals surface area contributed by atoms with E-state index in [0.717, 1.165) is 17.1 Å². The molecule has 2 aromatic heterocycles. The van der Waals surface area contributed by atoms with Gasteiger partial charge in [-0.2, -0.15) is 0 Å². The summed E-state index contributed by atoms with van der Waals surface area (Å²) in [6, 6.07) is 9.44. The van der Waals surface area contributed by atoms with E-state index in [1.807, 2.05) is 38.1 Å². The highest BCUT2D eigenvalue weighted by Crippen LogP contribution is 2.18. The number of hydrogen-bond acceptors (Lipinski definition) is 4. The Balaban J connectivity index is 2.28. The fourth-order valence-electron chi connectivity index (χ4n) is 1.60. The fourth-order valence-corrected chi connectivity index (χ4v) is 1.71. The van der Waals surface area contributed by atoms with Crippen molar-refractivity contribution in [3.63, 3.8) is 0 Å². The summed E-state index contributed by atoms with van der Waals surface area (Å²) in [5, 5.41) is 3.21. The van der Waals surface area contributed by atoms with Crippen LogP contribution in [0.1, 0.15) is 17.1 Å².